The van der Waals surface area contributed by atoms with Crippen molar-refractivity contribution in [3.8, 4) is 0 Å². The summed E-state index contributed by atoms with van der Waals surface area (Å²) in [5.74, 6) is -0.546. The number of rotatable bonds is 12. The van der Waals surface area contributed by atoms with Gasteiger partial charge in [-0.15, -0.1) is 0 Å². The lowest BCUT2D eigenvalue weighted by atomic mass is 9.99. The van der Waals surface area contributed by atoms with Gasteiger partial charge in [0.05, 0.1) is 37.2 Å². The summed E-state index contributed by atoms with van der Waals surface area (Å²) in [6, 6.07) is 13.2. The summed E-state index contributed by atoms with van der Waals surface area (Å²) < 4.78 is 27.3. The maximum atomic E-state index is 13.5. The molecule has 8 nitrogen and oxygen atoms in total. The molecule has 4 aromatic rings. The van der Waals surface area contributed by atoms with Crippen molar-refractivity contribution >= 4 is 24.9 Å². The van der Waals surface area contributed by atoms with Crippen LogP contribution in [-0.2, 0) is 40.5 Å². The molecule has 0 saturated carbocycles. The summed E-state index contributed by atoms with van der Waals surface area (Å²) in [6.45, 7) is 9.19. The van der Waals surface area contributed by atoms with E-state index in [0.717, 1.165) is 39.3 Å². The maximum absolute atomic E-state index is 13.5. The van der Waals surface area contributed by atoms with Crippen LogP contribution in [0, 0.1) is 5.82 Å². The third-order valence-electron chi connectivity index (χ3n) is 6.88. The molecule has 0 spiro atoms. The highest BCUT2D eigenvalue weighted by molar-refractivity contribution is 6.76. The number of hydroxylamine groups is 2. The molecule has 0 N–H and O–H groups in total. The van der Waals surface area contributed by atoms with Crippen LogP contribution in [0.5, 0.6) is 0 Å². The Kier molecular flexibility index (Phi) is 8.70. The SMILES string of the molecule is C[Si](C)(C)CCOCON1CCc2c(ncc3c2c(COCc2ccccn2)cn3Cc2ccc(F)cc2)C1=O. The Morgan fingerprint density at radius 3 is 2.60 bits per heavy atom. The number of carbonyl (C=O) groups excluding carboxylic acids is 1. The first-order valence-electron chi connectivity index (χ1n) is 13.5. The van der Waals surface area contributed by atoms with Crippen molar-refractivity contribution in [2.45, 2.75) is 51.9 Å². The van der Waals surface area contributed by atoms with Gasteiger partial charge in [0.2, 0.25) is 0 Å². The summed E-state index contributed by atoms with van der Waals surface area (Å²) in [4.78, 5) is 27.9. The Hall–Kier alpha value is -3.44. The second-order valence-electron chi connectivity index (χ2n) is 11.2. The highest BCUT2D eigenvalue weighted by Gasteiger charge is 2.30. The Morgan fingerprint density at radius 1 is 1.02 bits per heavy atom. The van der Waals surface area contributed by atoms with Crippen LogP contribution in [-0.4, -0.2) is 53.5 Å². The summed E-state index contributed by atoms with van der Waals surface area (Å²) in [5.41, 5.74) is 4.93. The van der Waals surface area contributed by atoms with E-state index in [-0.39, 0.29) is 18.5 Å². The number of fused-ring (bicyclic) bond motifs is 3. The number of carbonyl (C=O) groups is 1. The highest BCUT2D eigenvalue weighted by atomic mass is 28.3. The maximum Gasteiger partial charge on any atom is 0.296 e. The van der Waals surface area contributed by atoms with Gasteiger partial charge in [-0.25, -0.2) is 19.3 Å². The molecule has 1 aliphatic rings. The molecular weight excluding hydrogens is 527 g/mol. The molecule has 5 rings (SSSR count). The second kappa shape index (κ2) is 12.4. The molecule has 40 heavy (non-hydrogen) atoms. The minimum Gasteiger partial charge on any atom is -0.370 e. The predicted molar refractivity (Wildman–Crippen MR) is 153 cm³/mol. The molecule has 0 unspecified atom stereocenters. The van der Waals surface area contributed by atoms with Crippen LogP contribution in [0.1, 0.15) is 32.9 Å². The Balaban J connectivity index is 1.37. The van der Waals surface area contributed by atoms with Crippen molar-refractivity contribution in [3.05, 3.63) is 95.0 Å². The largest absolute Gasteiger partial charge is 0.370 e. The fourth-order valence-corrected chi connectivity index (χ4v) is 5.49. The van der Waals surface area contributed by atoms with Crippen molar-refractivity contribution in [1.29, 1.82) is 0 Å². The van der Waals surface area contributed by atoms with Gasteiger partial charge in [0.1, 0.15) is 11.5 Å². The smallest absolute Gasteiger partial charge is 0.296 e. The Labute approximate surface area is 234 Å². The third-order valence-corrected chi connectivity index (χ3v) is 8.59. The van der Waals surface area contributed by atoms with Crippen molar-refractivity contribution in [3.63, 3.8) is 0 Å². The number of ether oxygens (including phenoxy) is 2. The summed E-state index contributed by atoms with van der Waals surface area (Å²) >= 11 is 0. The summed E-state index contributed by atoms with van der Waals surface area (Å²) in [5, 5.41) is 2.31. The fraction of sp³-hybridized carbons (Fsp3) is 0.367. The van der Waals surface area contributed by atoms with Crippen LogP contribution < -0.4 is 0 Å². The summed E-state index contributed by atoms with van der Waals surface area (Å²) in [6.07, 6.45) is 6.10. The second-order valence-corrected chi connectivity index (χ2v) is 16.8. The Morgan fingerprint density at radius 2 is 1.85 bits per heavy atom. The van der Waals surface area contributed by atoms with Gasteiger partial charge in [-0.2, -0.15) is 0 Å². The highest BCUT2D eigenvalue weighted by Crippen LogP contribution is 2.31. The first-order valence-corrected chi connectivity index (χ1v) is 17.2. The first kappa shape index (κ1) is 28.1. The topological polar surface area (TPSA) is 78.7 Å². The lowest BCUT2D eigenvalue weighted by Gasteiger charge is -2.27. The van der Waals surface area contributed by atoms with Crippen molar-refractivity contribution in [1.82, 2.24) is 19.6 Å². The van der Waals surface area contributed by atoms with E-state index in [1.165, 1.54) is 17.2 Å². The van der Waals surface area contributed by atoms with Gasteiger partial charge in [0, 0.05) is 44.6 Å². The molecule has 0 bridgehead atoms. The molecule has 0 fully saturated rings. The molecule has 0 saturated heterocycles. The van der Waals surface area contributed by atoms with Crippen LogP contribution in [0.2, 0.25) is 25.7 Å². The Bertz CT molecular complexity index is 1450. The molecule has 0 aliphatic carbocycles. The number of hydrogen-bond acceptors (Lipinski definition) is 6. The predicted octanol–water partition coefficient (Wildman–Crippen LogP) is 5.58. The van der Waals surface area contributed by atoms with Gasteiger partial charge in [0.25, 0.3) is 5.91 Å². The van der Waals surface area contributed by atoms with E-state index >= 15 is 0 Å². The quantitative estimate of drug-likeness (QED) is 0.128. The molecule has 1 aromatic carbocycles. The van der Waals surface area contributed by atoms with Crippen LogP contribution in [0.4, 0.5) is 4.39 Å². The molecule has 10 heteroatoms. The van der Waals surface area contributed by atoms with Crippen LogP contribution >= 0.6 is 0 Å². The fourth-order valence-electron chi connectivity index (χ4n) is 4.74. The molecular formula is C30H35FN4O4Si. The zero-order valence-corrected chi connectivity index (χ0v) is 24.2. The monoisotopic (exact) mass is 562 g/mol. The third kappa shape index (κ3) is 6.82. The van der Waals surface area contributed by atoms with E-state index in [1.807, 2.05) is 24.4 Å². The molecule has 0 atom stereocenters. The molecule has 1 aliphatic heterocycles. The lowest BCUT2D eigenvalue weighted by molar-refractivity contribution is -0.195. The number of aromatic nitrogens is 3. The number of halogens is 1. The zero-order valence-electron chi connectivity index (χ0n) is 23.2. The van der Waals surface area contributed by atoms with Crippen LogP contribution in [0.3, 0.4) is 0 Å². The van der Waals surface area contributed by atoms with Gasteiger partial charge in [0.15, 0.2) is 6.79 Å². The minimum absolute atomic E-state index is 0.0362. The van der Waals surface area contributed by atoms with Crippen molar-refractivity contribution < 1.29 is 23.5 Å². The van der Waals surface area contributed by atoms with Gasteiger partial charge in [-0.3, -0.25) is 9.78 Å². The number of amides is 1. The number of nitrogens with zero attached hydrogens (tertiary/aromatic N) is 4. The number of benzene rings is 1. The van der Waals surface area contributed by atoms with Crippen molar-refractivity contribution in [2.75, 3.05) is 19.9 Å². The van der Waals surface area contributed by atoms with E-state index in [2.05, 4.69) is 34.2 Å². The van der Waals surface area contributed by atoms with Crippen molar-refractivity contribution in [2.24, 2.45) is 0 Å². The van der Waals surface area contributed by atoms with Crippen LogP contribution in [0.15, 0.2) is 61.1 Å². The van der Waals surface area contributed by atoms with E-state index in [1.54, 1.807) is 24.5 Å². The first-order chi connectivity index (χ1) is 19.3. The number of hydrogen-bond donors (Lipinski definition) is 0. The van der Waals surface area contributed by atoms with Gasteiger partial charge in [-0.1, -0.05) is 37.8 Å². The molecule has 3 aromatic heterocycles. The van der Waals surface area contributed by atoms with Gasteiger partial charge in [-0.05, 0) is 47.9 Å². The summed E-state index contributed by atoms with van der Waals surface area (Å²) in [7, 11) is -1.20. The van der Waals surface area contributed by atoms with E-state index in [4.69, 9.17) is 14.3 Å². The van der Waals surface area contributed by atoms with Crippen LogP contribution in [0.25, 0.3) is 10.9 Å². The standard InChI is InChI=1S/C30H35FN4O4Si/c1-40(2,3)15-14-37-21-39-35-13-11-26-28-23(19-38-20-25-6-4-5-12-32-25)18-34(17-22-7-9-24(31)10-8-22)27(28)16-33-29(26)30(35)36/h4-10,12,16,18H,11,13-15,17,19-21H2,1-3H3. The lowest BCUT2D eigenvalue weighted by Crippen LogP contribution is -2.39. The number of pyridine rings is 2. The average Bonchev–Trinajstić information content (AvgIpc) is 3.28. The molecule has 210 valence electrons. The minimum atomic E-state index is -1.20. The molecule has 1 amide bonds. The molecule has 0 radical (unpaired) electrons. The average molecular weight is 563 g/mol. The van der Waals surface area contributed by atoms with Gasteiger partial charge >= 0.3 is 0 Å². The molecule has 4 heterocycles. The van der Waals surface area contributed by atoms with E-state index in [9.17, 15) is 9.18 Å². The zero-order chi connectivity index (χ0) is 28.1. The normalized spacial score (nSPS) is 13.7. The van der Waals surface area contributed by atoms with Gasteiger partial charge < -0.3 is 14.0 Å². The van der Waals surface area contributed by atoms with E-state index < -0.39 is 8.07 Å². The van der Waals surface area contributed by atoms with E-state index in [0.29, 0.717) is 45.0 Å².